The Balaban J connectivity index is 1.67. The summed E-state index contributed by atoms with van der Waals surface area (Å²) >= 11 is 0. The summed E-state index contributed by atoms with van der Waals surface area (Å²) in [7, 11) is 0. The Morgan fingerprint density at radius 3 is 2.27 bits per heavy atom. The lowest BCUT2D eigenvalue weighted by Gasteiger charge is -2.40. The number of nitrogens with one attached hydrogen (secondary N) is 2. The molecule has 0 aromatic carbocycles. The third kappa shape index (κ3) is 8.22. The van der Waals surface area contributed by atoms with Crippen LogP contribution in [-0.2, 0) is 14.2 Å². The van der Waals surface area contributed by atoms with Gasteiger partial charge in [-0.05, 0) is 79.7 Å². The van der Waals surface area contributed by atoms with E-state index < -0.39 is 0 Å². The van der Waals surface area contributed by atoms with E-state index in [0.29, 0.717) is 19.8 Å². The Bertz CT molecular complexity index is 406. The number of hydrogen-bond donors (Lipinski definition) is 2. The second-order valence-electron chi connectivity index (χ2n) is 10.1. The van der Waals surface area contributed by atoms with Crippen molar-refractivity contribution >= 4 is 0 Å². The second-order valence-corrected chi connectivity index (χ2v) is 10.1. The Morgan fingerprint density at radius 1 is 1.00 bits per heavy atom. The predicted molar refractivity (Wildman–Crippen MR) is 107 cm³/mol. The topological polar surface area (TPSA) is 51.8 Å². The summed E-state index contributed by atoms with van der Waals surface area (Å²) in [4.78, 5) is 0. The molecule has 0 spiro atoms. The number of ether oxygens (including phenoxy) is 3. The van der Waals surface area contributed by atoms with Gasteiger partial charge in [0.1, 0.15) is 0 Å². The summed E-state index contributed by atoms with van der Waals surface area (Å²) in [6, 6.07) is 0. The zero-order valence-corrected chi connectivity index (χ0v) is 18.0. The van der Waals surface area contributed by atoms with E-state index in [4.69, 9.17) is 14.2 Å². The lowest BCUT2D eigenvalue weighted by molar-refractivity contribution is -0.0982. The van der Waals surface area contributed by atoms with Crippen LogP contribution in [0.25, 0.3) is 0 Å². The van der Waals surface area contributed by atoms with Crippen LogP contribution in [0.15, 0.2) is 0 Å². The van der Waals surface area contributed by atoms with Crippen molar-refractivity contribution in [1.82, 2.24) is 10.6 Å². The van der Waals surface area contributed by atoms with E-state index in [1.165, 1.54) is 12.8 Å². The van der Waals surface area contributed by atoms with E-state index in [1.807, 2.05) is 0 Å². The molecule has 5 heteroatoms. The second kappa shape index (κ2) is 9.33. The summed E-state index contributed by atoms with van der Waals surface area (Å²) < 4.78 is 17.6. The van der Waals surface area contributed by atoms with E-state index in [1.54, 1.807) is 0 Å². The van der Waals surface area contributed by atoms with E-state index in [0.717, 1.165) is 38.5 Å². The minimum Gasteiger partial charge on any atom is -0.376 e. The molecule has 5 nitrogen and oxygen atoms in total. The smallest absolute Gasteiger partial charge is 0.0933 e. The monoisotopic (exact) mass is 370 g/mol. The molecule has 26 heavy (non-hydrogen) atoms. The molecular formula is C21H42N2O3. The first-order valence-electron chi connectivity index (χ1n) is 10.4. The Hall–Kier alpha value is -0.200. The third-order valence-electron chi connectivity index (χ3n) is 5.56. The van der Waals surface area contributed by atoms with Gasteiger partial charge in [-0.3, -0.25) is 0 Å². The molecule has 1 aliphatic heterocycles. The van der Waals surface area contributed by atoms with Crippen LogP contribution < -0.4 is 10.6 Å². The summed E-state index contributed by atoms with van der Waals surface area (Å²) in [6.45, 7) is 18.2. The molecule has 0 aromatic rings. The number of hydrogen-bond acceptors (Lipinski definition) is 5. The van der Waals surface area contributed by atoms with Crippen molar-refractivity contribution in [3.63, 3.8) is 0 Å². The Morgan fingerprint density at radius 2 is 1.69 bits per heavy atom. The zero-order chi connectivity index (χ0) is 19.3. The van der Waals surface area contributed by atoms with Gasteiger partial charge in [0.2, 0.25) is 0 Å². The predicted octanol–water partition coefficient (Wildman–Crippen LogP) is 3.12. The van der Waals surface area contributed by atoms with Gasteiger partial charge in [0.25, 0.3) is 0 Å². The average molecular weight is 371 g/mol. The Labute approximate surface area is 160 Å². The van der Waals surface area contributed by atoms with Crippen molar-refractivity contribution in [3.8, 4) is 0 Å². The van der Waals surface area contributed by atoms with Crippen molar-refractivity contribution in [2.75, 3.05) is 39.5 Å². The van der Waals surface area contributed by atoms with Gasteiger partial charge in [0.15, 0.2) is 0 Å². The molecular weight excluding hydrogens is 328 g/mol. The van der Waals surface area contributed by atoms with Crippen LogP contribution >= 0.6 is 0 Å². The fourth-order valence-corrected chi connectivity index (χ4v) is 3.54. The van der Waals surface area contributed by atoms with E-state index in [-0.39, 0.29) is 22.8 Å². The maximum atomic E-state index is 6.41. The summed E-state index contributed by atoms with van der Waals surface area (Å²) in [5.41, 5.74) is 0.163. The zero-order valence-electron chi connectivity index (χ0n) is 18.0. The number of rotatable bonds is 8. The standard InChI is InChI=1S/C21H42N2O3/c1-19(2,3)22-13-17-7-9-21(6,10-8-17)26-16-20(4,5)23-14-18-15-24-11-12-25-18/h17-18,22-23H,7-16H2,1-6H3. The fraction of sp³-hybridized carbons (Fsp3) is 1.00. The molecule has 2 fully saturated rings. The molecule has 154 valence electrons. The highest BCUT2D eigenvalue weighted by molar-refractivity contribution is 4.88. The molecule has 0 radical (unpaired) electrons. The first kappa shape index (κ1) is 22.1. The highest BCUT2D eigenvalue weighted by Gasteiger charge is 2.34. The van der Waals surface area contributed by atoms with E-state index in [9.17, 15) is 0 Å². The summed E-state index contributed by atoms with van der Waals surface area (Å²) in [5.74, 6) is 0.778. The van der Waals surface area contributed by atoms with Crippen LogP contribution in [0.2, 0.25) is 0 Å². The molecule has 1 saturated carbocycles. The van der Waals surface area contributed by atoms with Gasteiger partial charge in [0.05, 0.1) is 38.1 Å². The molecule has 1 heterocycles. The lowest BCUT2D eigenvalue weighted by atomic mass is 9.79. The van der Waals surface area contributed by atoms with Gasteiger partial charge >= 0.3 is 0 Å². The summed E-state index contributed by atoms with van der Waals surface area (Å²) in [5, 5.41) is 7.24. The quantitative estimate of drug-likeness (QED) is 0.687. The van der Waals surface area contributed by atoms with Crippen LogP contribution in [0.3, 0.4) is 0 Å². The maximum Gasteiger partial charge on any atom is 0.0933 e. The first-order chi connectivity index (χ1) is 12.1. The van der Waals surface area contributed by atoms with Gasteiger partial charge in [-0.1, -0.05) is 0 Å². The third-order valence-corrected chi connectivity index (χ3v) is 5.56. The van der Waals surface area contributed by atoms with Gasteiger partial charge in [0, 0.05) is 17.6 Å². The SMILES string of the molecule is CC(C)(C)NCC1CCC(C)(OCC(C)(C)NCC2COCCO2)CC1. The molecule has 2 N–H and O–H groups in total. The highest BCUT2D eigenvalue weighted by atomic mass is 16.6. The minimum atomic E-state index is -0.0611. The van der Waals surface area contributed by atoms with Crippen LogP contribution in [0.4, 0.5) is 0 Å². The molecule has 2 aliphatic rings. The molecule has 1 unspecified atom stereocenters. The van der Waals surface area contributed by atoms with E-state index in [2.05, 4.69) is 52.2 Å². The van der Waals surface area contributed by atoms with Crippen molar-refractivity contribution in [1.29, 1.82) is 0 Å². The van der Waals surface area contributed by atoms with Crippen LogP contribution in [-0.4, -0.2) is 62.3 Å². The highest BCUT2D eigenvalue weighted by Crippen LogP contribution is 2.35. The largest absolute Gasteiger partial charge is 0.376 e. The molecule has 0 bridgehead atoms. The van der Waals surface area contributed by atoms with Gasteiger partial charge in [-0.25, -0.2) is 0 Å². The van der Waals surface area contributed by atoms with Crippen LogP contribution in [0, 0.1) is 5.92 Å². The first-order valence-corrected chi connectivity index (χ1v) is 10.4. The molecule has 1 saturated heterocycles. The lowest BCUT2D eigenvalue weighted by Crippen LogP contribution is -2.51. The van der Waals surface area contributed by atoms with Crippen molar-refractivity contribution in [2.45, 2.75) is 90.0 Å². The molecule has 2 rings (SSSR count). The fourth-order valence-electron chi connectivity index (χ4n) is 3.54. The molecule has 1 atom stereocenters. The van der Waals surface area contributed by atoms with Gasteiger partial charge in [-0.15, -0.1) is 0 Å². The van der Waals surface area contributed by atoms with Crippen molar-refractivity contribution in [2.24, 2.45) is 5.92 Å². The molecule has 1 aliphatic carbocycles. The molecule has 0 aromatic heterocycles. The van der Waals surface area contributed by atoms with Crippen LogP contribution in [0.5, 0.6) is 0 Å². The van der Waals surface area contributed by atoms with E-state index >= 15 is 0 Å². The molecule has 0 amide bonds. The summed E-state index contributed by atoms with van der Waals surface area (Å²) in [6.07, 6.45) is 4.96. The van der Waals surface area contributed by atoms with Crippen molar-refractivity contribution in [3.05, 3.63) is 0 Å². The van der Waals surface area contributed by atoms with Crippen molar-refractivity contribution < 1.29 is 14.2 Å². The van der Waals surface area contributed by atoms with Gasteiger partial charge < -0.3 is 24.8 Å². The normalized spacial score (nSPS) is 31.2. The van der Waals surface area contributed by atoms with Crippen LogP contribution in [0.1, 0.15) is 67.2 Å². The average Bonchev–Trinajstić information content (AvgIpc) is 2.59. The van der Waals surface area contributed by atoms with Gasteiger partial charge in [-0.2, -0.15) is 0 Å². The maximum absolute atomic E-state index is 6.41. The Kier molecular flexibility index (Phi) is 7.93. The minimum absolute atomic E-state index is 0.0155.